The molecule has 0 aromatic heterocycles. The van der Waals surface area contributed by atoms with Gasteiger partial charge >= 0.3 is 6.18 Å². The van der Waals surface area contributed by atoms with Crippen LogP contribution in [-0.4, -0.2) is 30.6 Å². The summed E-state index contributed by atoms with van der Waals surface area (Å²) < 4.78 is 34.7. The summed E-state index contributed by atoms with van der Waals surface area (Å²) >= 11 is 0. The molecule has 70 valence electrons. The van der Waals surface area contributed by atoms with Crippen LogP contribution in [0.3, 0.4) is 0 Å². The van der Waals surface area contributed by atoms with Gasteiger partial charge in [-0.2, -0.15) is 13.2 Å². The molecule has 0 aliphatic heterocycles. The Morgan fingerprint density at radius 1 is 1.50 bits per heavy atom. The fourth-order valence-corrected chi connectivity index (χ4v) is 0.482. The Kier molecular flexibility index (Phi) is 4.35. The van der Waals surface area contributed by atoms with Gasteiger partial charge in [0.1, 0.15) is 6.54 Å². The lowest BCUT2D eigenvalue weighted by atomic mass is 10.4. The van der Waals surface area contributed by atoms with Gasteiger partial charge in [0.2, 0.25) is 0 Å². The van der Waals surface area contributed by atoms with Gasteiger partial charge in [0.15, 0.2) is 0 Å². The number of hydrogen-bond acceptors (Lipinski definition) is 3. The minimum Gasteiger partial charge on any atom is -0.390 e. The molecule has 0 aliphatic carbocycles. The van der Waals surface area contributed by atoms with Crippen LogP contribution in [0.1, 0.15) is 0 Å². The highest BCUT2D eigenvalue weighted by atomic mass is 19.4. The summed E-state index contributed by atoms with van der Waals surface area (Å²) in [7, 11) is 0. The molecule has 3 N–H and O–H groups in total. The van der Waals surface area contributed by atoms with Crippen molar-refractivity contribution in [3.8, 4) is 0 Å². The van der Waals surface area contributed by atoms with E-state index in [0.717, 1.165) is 12.3 Å². The van der Waals surface area contributed by atoms with Crippen molar-refractivity contribution in [2.24, 2.45) is 0 Å². The minimum absolute atomic E-state index is 0.0256. The first-order chi connectivity index (χ1) is 5.49. The zero-order valence-electron chi connectivity index (χ0n) is 6.15. The third-order valence-corrected chi connectivity index (χ3v) is 0.971. The molecule has 0 amide bonds. The molecule has 0 aliphatic rings. The van der Waals surface area contributed by atoms with Crippen LogP contribution in [0.25, 0.3) is 0 Å². The van der Waals surface area contributed by atoms with E-state index in [1.165, 1.54) is 0 Å². The quantitative estimate of drug-likeness (QED) is 0.559. The first-order valence-corrected chi connectivity index (χ1v) is 3.10. The van der Waals surface area contributed by atoms with E-state index in [-0.39, 0.29) is 5.70 Å². The van der Waals surface area contributed by atoms with Crippen molar-refractivity contribution >= 4 is 6.21 Å². The highest BCUT2D eigenvalue weighted by molar-refractivity contribution is 5.68. The smallest absolute Gasteiger partial charge is 0.390 e. The Labute approximate surface area is 67.4 Å². The summed E-state index contributed by atoms with van der Waals surface area (Å²) in [6.07, 6.45) is -2.45. The molecule has 0 rings (SSSR count). The Morgan fingerprint density at radius 2 is 2.08 bits per heavy atom. The summed E-state index contributed by atoms with van der Waals surface area (Å²) in [5.41, 5.74) is -0.0256. The molecule has 0 unspecified atom stereocenters. The summed E-state index contributed by atoms with van der Waals surface area (Å²) in [5.74, 6) is 0. The molecule has 0 saturated carbocycles. The van der Waals surface area contributed by atoms with Crippen molar-refractivity contribution < 1.29 is 18.3 Å². The van der Waals surface area contributed by atoms with Crippen LogP contribution in [-0.2, 0) is 0 Å². The predicted molar refractivity (Wildman–Crippen MR) is 38.0 cm³/mol. The van der Waals surface area contributed by atoms with E-state index in [1.807, 2.05) is 5.32 Å². The molecule has 0 aromatic rings. The molecule has 0 atom stereocenters. The lowest BCUT2D eigenvalue weighted by Crippen LogP contribution is -2.29. The number of aliphatic hydroxyl groups excluding tert-OH is 1. The zero-order valence-corrected chi connectivity index (χ0v) is 6.15. The van der Waals surface area contributed by atoms with Crippen LogP contribution in [0.5, 0.6) is 0 Å². The topological polar surface area (TPSA) is 56.1 Å². The van der Waals surface area contributed by atoms with Gasteiger partial charge < -0.3 is 15.8 Å². The highest BCUT2D eigenvalue weighted by Gasteiger charge is 2.26. The molecular formula is C6H9F3N2O. The molecule has 0 fully saturated rings. The number of rotatable bonds is 4. The second-order valence-electron chi connectivity index (χ2n) is 1.99. The van der Waals surface area contributed by atoms with Gasteiger partial charge in [-0.3, -0.25) is 0 Å². The summed E-state index contributed by atoms with van der Waals surface area (Å²) in [6.45, 7) is -1.74. The van der Waals surface area contributed by atoms with Crippen LogP contribution in [0, 0.1) is 5.41 Å². The van der Waals surface area contributed by atoms with Crippen molar-refractivity contribution in [2.75, 3.05) is 13.2 Å². The Balaban J connectivity index is 3.89. The number of alkyl halides is 3. The highest BCUT2D eigenvalue weighted by Crippen LogP contribution is 2.12. The van der Waals surface area contributed by atoms with Crippen molar-refractivity contribution in [3.63, 3.8) is 0 Å². The molecule has 0 radical (unpaired) electrons. The predicted octanol–water partition coefficient (Wildman–Crippen LogP) is 0.664. The van der Waals surface area contributed by atoms with Crippen molar-refractivity contribution in [1.29, 1.82) is 5.41 Å². The number of aliphatic hydroxyl groups is 1. The molecule has 12 heavy (non-hydrogen) atoms. The summed E-state index contributed by atoms with van der Waals surface area (Å²) in [4.78, 5) is 0. The number of nitrogens with one attached hydrogen (secondary N) is 2. The molecule has 3 nitrogen and oxygen atoms in total. The first kappa shape index (κ1) is 11.0. The molecule has 0 bridgehead atoms. The summed E-state index contributed by atoms with van der Waals surface area (Å²) in [5, 5.41) is 16.9. The standard InChI is InChI=1S/C6H9F3N2O/c7-6(8,9)4-11-5(3-12)1-2-10/h1-2,10-12H,3-4H2/b5-1-,10-2?. The van der Waals surface area contributed by atoms with Crippen LogP contribution >= 0.6 is 0 Å². The van der Waals surface area contributed by atoms with Crippen molar-refractivity contribution in [2.45, 2.75) is 6.18 Å². The molecule has 0 aromatic carbocycles. The van der Waals surface area contributed by atoms with E-state index in [4.69, 9.17) is 10.5 Å². The molecule has 6 heteroatoms. The van der Waals surface area contributed by atoms with Crippen LogP contribution < -0.4 is 5.32 Å². The van der Waals surface area contributed by atoms with Gasteiger partial charge in [0.25, 0.3) is 0 Å². The monoisotopic (exact) mass is 182 g/mol. The maximum Gasteiger partial charge on any atom is 0.405 e. The Bertz CT molecular complexity index is 176. The van der Waals surface area contributed by atoms with Crippen molar-refractivity contribution in [1.82, 2.24) is 5.32 Å². The third-order valence-electron chi connectivity index (χ3n) is 0.971. The van der Waals surface area contributed by atoms with Crippen LogP contribution in [0.2, 0.25) is 0 Å². The van der Waals surface area contributed by atoms with Gasteiger partial charge in [-0.05, 0) is 6.08 Å². The van der Waals surface area contributed by atoms with Crippen molar-refractivity contribution in [3.05, 3.63) is 11.8 Å². The minimum atomic E-state index is -4.31. The van der Waals surface area contributed by atoms with Gasteiger partial charge in [-0.1, -0.05) is 0 Å². The second-order valence-corrected chi connectivity index (χ2v) is 1.99. The van der Waals surface area contributed by atoms with E-state index in [2.05, 4.69) is 0 Å². The van der Waals surface area contributed by atoms with Crippen LogP contribution in [0.15, 0.2) is 11.8 Å². The average molecular weight is 182 g/mol. The van der Waals surface area contributed by atoms with E-state index < -0.39 is 19.3 Å². The van der Waals surface area contributed by atoms with Gasteiger partial charge in [-0.15, -0.1) is 0 Å². The second kappa shape index (κ2) is 4.76. The molecule has 0 heterocycles. The maximum absolute atomic E-state index is 11.6. The Hall–Kier alpha value is -1.04. The average Bonchev–Trinajstić information content (AvgIpc) is 1.96. The number of allylic oxidation sites excluding steroid dienone is 1. The summed E-state index contributed by atoms with van der Waals surface area (Å²) in [6, 6.07) is 0. The van der Waals surface area contributed by atoms with Gasteiger partial charge in [0.05, 0.1) is 6.61 Å². The Morgan fingerprint density at radius 3 is 2.42 bits per heavy atom. The molecule has 0 saturated heterocycles. The van der Waals surface area contributed by atoms with Gasteiger partial charge in [-0.25, -0.2) is 0 Å². The number of halogens is 3. The maximum atomic E-state index is 11.6. The third kappa shape index (κ3) is 5.72. The lowest BCUT2D eigenvalue weighted by molar-refractivity contribution is -0.123. The van der Waals surface area contributed by atoms with E-state index in [0.29, 0.717) is 0 Å². The fraction of sp³-hybridized carbons (Fsp3) is 0.500. The number of hydrogen-bond donors (Lipinski definition) is 3. The molecule has 0 spiro atoms. The van der Waals surface area contributed by atoms with E-state index in [1.54, 1.807) is 0 Å². The molecular weight excluding hydrogens is 173 g/mol. The SMILES string of the molecule is N=C/C=C(/CO)NCC(F)(F)F. The largest absolute Gasteiger partial charge is 0.405 e. The fourth-order valence-electron chi connectivity index (χ4n) is 0.482. The van der Waals surface area contributed by atoms with E-state index in [9.17, 15) is 13.2 Å². The van der Waals surface area contributed by atoms with E-state index >= 15 is 0 Å². The lowest BCUT2D eigenvalue weighted by Gasteiger charge is -2.09. The first-order valence-electron chi connectivity index (χ1n) is 3.10. The van der Waals surface area contributed by atoms with Crippen LogP contribution in [0.4, 0.5) is 13.2 Å². The zero-order chi connectivity index (χ0) is 9.61. The normalized spacial score (nSPS) is 12.8. The van der Waals surface area contributed by atoms with Gasteiger partial charge in [0, 0.05) is 11.9 Å².